The van der Waals surface area contributed by atoms with Crippen molar-refractivity contribution in [2.45, 2.75) is 82.8 Å². The van der Waals surface area contributed by atoms with Crippen molar-refractivity contribution in [2.75, 3.05) is 14.1 Å². The van der Waals surface area contributed by atoms with Crippen LogP contribution in [0.4, 0.5) is 0 Å². The first-order chi connectivity index (χ1) is 17.4. The maximum absolute atomic E-state index is 11.3. The van der Waals surface area contributed by atoms with Crippen molar-refractivity contribution in [3.63, 3.8) is 0 Å². The highest BCUT2D eigenvalue weighted by Crippen LogP contribution is 2.71. The second-order valence-corrected chi connectivity index (χ2v) is 13.2. The number of allylic oxidation sites excluding steroid dienone is 3. The van der Waals surface area contributed by atoms with Crippen molar-refractivity contribution in [2.24, 2.45) is 16.7 Å². The van der Waals surface area contributed by atoms with Gasteiger partial charge >= 0.3 is 0 Å². The molecule has 3 N–H and O–H groups in total. The van der Waals surface area contributed by atoms with Crippen LogP contribution in [0, 0.1) is 23.7 Å². The summed E-state index contributed by atoms with van der Waals surface area (Å²) in [6.07, 6.45) is 8.86. The van der Waals surface area contributed by atoms with Crippen LogP contribution in [0.25, 0.3) is 16.6 Å². The monoisotopic (exact) mass is 501 g/mol. The van der Waals surface area contributed by atoms with Crippen molar-refractivity contribution in [3.8, 4) is 0 Å². The molecule has 3 heterocycles. The average molecular weight is 502 g/mol. The van der Waals surface area contributed by atoms with E-state index in [1.807, 2.05) is 25.9 Å². The molecule has 0 amide bonds. The Kier molecular flexibility index (Phi) is 4.66. The Morgan fingerprint density at radius 1 is 1.14 bits per heavy atom. The van der Waals surface area contributed by atoms with Crippen molar-refractivity contribution in [3.05, 3.63) is 59.0 Å². The minimum atomic E-state index is -0.907. The third-order valence-corrected chi connectivity index (χ3v) is 11.0. The molecule has 3 aliphatic carbocycles. The summed E-state index contributed by atoms with van der Waals surface area (Å²) < 4.78 is 7.32. The standard InChI is InChI=1S/C31H39N3O3/c1-17-32-22-9-7-18(13-23(22)33-17)20-8-10-25-29(20,4)28(2,3)15-19-14-21-26(35)27(36)24(34(5)6)16-30(21)11-12-31(19,25)37-30/h7-9,13-15,24-27,35-36H,10-12,16H2,1-6H3,(H,32,33)/t24-,25?,26+,27+,29+,30+,31+/m0/s1. The van der Waals surface area contributed by atoms with E-state index in [-0.39, 0.29) is 22.5 Å². The number of nitrogens with one attached hydrogen (secondary N) is 1. The molecule has 1 aromatic heterocycles. The molecule has 2 fully saturated rings. The lowest BCUT2D eigenvalue weighted by Crippen LogP contribution is -2.63. The minimum absolute atomic E-state index is 0.125. The highest BCUT2D eigenvalue weighted by atomic mass is 16.5. The minimum Gasteiger partial charge on any atom is -0.388 e. The summed E-state index contributed by atoms with van der Waals surface area (Å²) in [6, 6.07) is 6.50. The van der Waals surface area contributed by atoms with E-state index in [0.717, 1.165) is 41.7 Å². The summed E-state index contributed by atoms with van der Waals surface area (Å²) in [6.45, 7) is 9.13. The van der Waals surface area contributed by atoms with Gasteiger partial charge in [0.25, 0.3) is 0 Å². The van der Waals surface area contributed by atoms with Gasteiger partial charge in [-0.1, -0.05) is 45.1 Å². The summed E-state index contributed by atoms with van der Waals surface area (Å²) in [5, 5.41) is 22.2. The molecule has 1 saturated carbocycles. The van der Waals surface area contributed by atoms with Gasteiger partial charge in [0, 0.05) is 17.4 Å². The highest BCUT2D eigenvalue weighted by molar-refractivity contribution is 5.84. The number of fused-ring (bicyclic) bond motifs is 2. The molecule has 1 aromatic carbocycles. The van der Waals surface area contributed by atoms with Gasteiger partial charge in [-0.05, 0) is 86.5 Å². The molecule has 2 aromatic rings. The van der Waals surface area contributed by atoms with Crippen molar-refractivity contribution < 1.29 is 14.9 Å². The SMILES string of the molecule is Cc1nc2cc(C3=CCC4[C@@]56CC[C@]7(C[C@H](N(C)C)[C@@H](O)[C@H](O)C7=CC5=CC(C)(C)[C@]34C)O6)ccc2[nH]1. The first-order valence-electron chi connectivity index (χ1n) is 13.8. The molecule has 2 aliphatic heterocycles. The predicted molar refractivity (Wildman–Crippen MR) is 145 cm³/mol. The third-order valence-electron chi connectivity index (χ3n) is 11.0. The normalized spacial score (nSPS) is 41.7. The fourth-order valence-corrected chi connectivity index (χ4v) is 8.82. The lowest BCUT2D eigenvalue weighted by Gasteiger charge is -2.60. The molecule has 2 spiro atoms. The van der Waals surface area contributed by atoms with Gasteiger partial charge in [0.2, 0.25) is 0 Å². The lowest BCUT2D eigenvalue weighted by molar-refractivity contribution is -0.170. The van der Waals surface area contributed by atoms with E-state index in [9.17, 15) is 10.2 Å². The topological polar surface area (TPSA) is 81.6 Å². The number of imidazole rings is 1. The van der Waals surface area contributed by atoms with E-state index in [0.29, 0.717) is 12.3 Å². The second kappa shape index (κ2) is 7.23. The molecule has 7 atom stereocenters. The smallest absolute Gasteiger partial charge is 0.105 e. The summed E-state index contributed by atoms with van der Waals surface area (Å²) in [5.74, 6) is 1.23. The van der Waals surface area contributed by atoms with Gasteiger partial charge in [-0.25, -0.2) is 4.98 Å². The van der Waals surface area contributed by atoms with E-state index in [1.54, 1.807) is 0 Å². The zero-order valence-corrected chi connectivity index (χ0v) is 22.8. The quantitative estimate of drug-likeness (QED) is 0.563. The fraction of sp³-hybridized carbons (Fsp3) is 0.581. The summed E-state index contributed by atoms with van der Waals surface area (Å²) in [7, 11) is 3.96. The second-order valence-electron chi connectivity index (χ2n) is 13.2. The maximum atomic E-state index is 11.3. The number of likely N-dealkylation sites (N-methyl/N-ethyl adjacent to an activating group) is 1. The first-order valence-corrected chi connectivity index (χ1v) is 13.8. The molecule has 5 aliphatic rings. The first kappa shape index (κ1) is 23.8. The number of aromatic nitrogens is 2. The van der Waals surface area contributed by atoms with Gasteiger partial charge in [-0.15, -0.1) is 0 Å². The van der Waals surface area contributed by atoms with Crippen LogP contribution >= 0.6 is 0 Å². The van der Waals surface area contributed by atoms with Crippen LogP contribution in [-0.4, -0.2) is 68.6 Å². The van der Waals surface area contributed by atoms with E-state index in [1.165, 1.54) is 16.7 Å². The number of aliphatic hydroxyl groups is 2. The number of aromatic amines is 1. The van der Waals surface area contributed by atoms with Crippen LogP contribution in [0.1, 0.15) is 57.8 Å². The number of aryl methyl sites for hydroxylation is 1. The Morgan fingerprint density at radius 3 is 2.68 bits per heavy atom. The van der Waals surface area contributed by atoms with Crippen molar-refractivity contribution in [1.29, 1.82) is 0 Å². The predicted octanol–water partition coefficient (Wildman–Crippen LogP) is 4.53. The maximum Gasteiger partial charge on any atom is 0.105 e. The van der Waals surface area contributed by atoms with E-state index < -0.39 is 17.8 Å². The summed E-state index contributed by atoms with van der Waals surface area (Å²) >= 11 is 0. The zero-order chi connectivity index (χ0) is 26.1. The van der Waals surface area contributed by atoms with Gasteiger partial charge in [-0.2, -0.15) is 0 Å². The number of nitrogens with zero attached hydrogens (tertiary/aromatic N) is 2. The molecule has 7 rings (SSSR count). The largest absolute Gasteiger partial charge is 0.388 e. The van der Waals surface area contributed by atoms with Crippen molar-refractivity contribution >= 4 is 16.6 Å². The molecule has 6 nitrogen and oxygen atoms in total. The van der Waals surface area contributed by atoms with E-state index >= 15 is 0 Å². The molecule has 1 unspecified atom stereocenters. The zero-order valence-electron chi connectivity index (χ0n) is 22.8. The van der Waals surface area contributed by atoms with Crippen LogP contribution < -0.4 is 0 Å². The molecule has 37 heavy (non-hydrogen) atoms. The van der Waals surface area contributed by atoms with E-state index in [4.69, 9.17) is 9.72 Å². The Labute approximate surface area is 219 Å². The van der Waals surface area contributed by atoms with Gasteiger partial charge < -0.3 is 24.8 Å². The Hall–Kier alpha value is -2.25. The van der Waals surface area contributed by atoms with Crippen LogP contribution in [0.3, 0.4) is 0 Å². The number of rotatable bonds is 2. The number of hydrogen-bond acceptors (Lipinski definition) is 5. The fourth-order valence-electron chi connectivity index (χ4n) is 8.82. The van der Waals surface area contributed by atoms with Gasteiger partial charge in [0.15, 0.2) is 0 Å². The van der Waals surface area contributed by atoms with Crippen LogP contribution in [0.5, 0.6) is 0 Å². The highest BCUT2D eigenvalue weighted by Gasteiger charge is 2.70. The molecular formula is C31H39N3O3. The lowest BCUT2D eigenvalue weighted by atomic mass is 9.49. The molecule has 2 bridgehead atoms. The molecular weight excluding hydrogens is 462 g/mol. The van der Waals surface area contributed by atoms with Crippen LogP contribution in [0.2, 0.25) is 0 Å². The average Bonchev–Trinajstić information content (AvgIpc) is 3.49. The van der Waals surface area contributed by atoms with Gasteiger partial charge in [-0.3, -0.25) is 0 Å². The van der Waals surface area contributed by atoms with Crippen LogP contribution in [0.15, 0.2) is 47.6 Å². The number of hydrogen-bond donors (Lipinski definition) is 3. The summed E-state index contributed by atoms with van der Waals surface area (Å²) in [5.41, 5.74) is 5.65. The summed E-state index contributed by atoms with van der Waals surface area (Å²) in [4.78, 5) is 10.1. The Bertz CT molecular complexity index is 1420. The molecule has 1 saturated heterocycles. The van der Waals surface area contributed by atoms with Crippen molar-refractivity contribution in [1.82, 2.24) is 14.9 Å². The van der Waals surface area contributed by atoms with Gasteiger partial charge in [0.1, 0.15) is 11.9 Å². The molecule has 6 heteroatoms. The molecule has 0 radical (unpaired) electrons. The number of aliphatic hydroxyl groups excluding tert-OH is 2. The van der Waals surface area contributed by atoms with Gasteiger partial charge in [0.05, 0.1) is 28.3 Å². The molecule has 196 valence electrons. The van der Waals surface area contributed by atoms with E-state index in [2.05, 4.69) is 62.2 Å². The Balaban J connectivity index is 1.36. The number of ether oxygens (including phenoxy) is 1. The van der Waals surface area contributed by atoms with Crippen LogP contribution in [-0.2, 0) is 4.74 Å². The number of H-pyrrole nitrogens is 1. The Morgan fingerprint density at radius 2 is 1.92 bits per heavy atom. The third kappa shape index (κ3) is 2.82. The number of benzene rings is 1.